The molecular weight excluding hydrogens is 390 g/mol. The van der Waals surface area contributed by atoms with Gasteiger partial charge in [0, 0.05) is 51.0 Å². The molecular formula is C29H35N3. The van der Waals surface area contributed by atoms with Gasteiger partial charge in [0.05, 0.1) is 0 Å². The van der Waals surface area contributed by atoms with Crippen LogP contribution in [0, 0.1) is 0 Å². The minimum Gasteiger partial charge on any atom is -0.369 e. The molecule has 0 amide bonds. The van der Waals surface area contributed by atoms with Gasteiger partial charge in [0.15, 0.2) is 0 Å². The van der Waals surface area contributed by atoms with Crippen LogP contribution in [0.2, 0.25) is 0 Å². The van der Waals surface area contributed by atoms with E-state index in [1.54, 1.807) is 11.1 Å². The number of benzene rings is 3. The van der Waals surface area contributed by atoms with Gasteiger partial charge in [-0.25, -0.2) is 0 Å². The molecule has 32 heavy (non-hydrogen) atoms. The predicted molar refractivity (Wildman–Crippen MR) is 134 cm³/mol. The summed E-state index contributed by atoms with van der Waals surface area (Å²) in [5.74, 6) is 0. The Bertz CT molecular complexity index is 952. The third-order valence-corrected chi connectivity index (χ3v) is 7.25. The van der Waals surface area contributed by atoms with Crippen molar-refractivity contribution in [1.29, 1.82) is 0 Å². The highest BCUT2D eigenvalue weighted by molar-refractivity contribution is 5.58. The number of nitrogens with zero attached hydrogens (tertiary/aromatic N) is 3. The van der Waals surface area contributed by atoms with E-state index in [1.807, 2.05) is 0 Å². The van der Waals surface area contributed by atoms with Crippen LogP contribution in [-0.4, -0.2) is 49.1 Å². The van der Waals surface area contributed by atoms with Crippen molar-refractivity contribution in [2.24, 2.45) is 0 Å². The van der Waals surface area contributed by atoms with Crippen LogP contribution in [0.4, 0.5) is 5.69 Å². The van der Waals surface area contributed by atoms with Crippen LogP contribution in [-0.2, 0) is 25.9 Å². The summed E-state index contributed by atoms with van der Waals surface area (Å²) in [7, 11) is 2.23. The number of rotatable bonds is 6. The summed E-state index contributed by atoms with van der Waals surface area (Å²) in [6.07, 6.45) is 3.57. The lowest BCUT2D eigenvalue weighted by Crippen LogP contribution is -2.45. The average Bonchev–Trinajstić information content (AvgIpc) is 2.85. The van der Waals surface area contributed by atoms with Crippen molar-refractivity contribution < 1.29 is 0 Å². The van der Waals surface area contributed by atoms with E-state index in [2.05, 4.69) is 101 Å². The first-order valence-electron chi connectivity index (χ1n) is 12.1. The van der Waals surface area contributed by atoms with Crippen LogP contribution in [0.1, 0.15) is 28.7 Å². The van der Waals surface area contributed by atoms with Crippen LogP contribution in [0.3, 0.4) is 0 Å². The molecule has 1 fully saturated rings. The van der Waals surface area contributed by atoms with E-state index in [1.165, 1.54) is 29.7 Å². The second-order valence-corrected chi connectivity index (χ2v) is 9.48. The van der Waals surface area contributed by atoms with E-state index in [0.29, 0.717) is 6.04 Å². The Kier molecular flexibility index (Phi) is 6.56. The van der Waals surface area contributed by atoms with Crippen LogP contribution >= 0.6 is 0 Å². The number of likely N-dealkylation sites (N-methyl/N-ethyl adjacent to an activating group) is 1. The van der Waals surface area contributed by atoms with Crippen LogP contribution in [0.5, 0.6) is 0 Å². The number of hydrogen-bond acceptors (Lipinski definition) is 3. The molecule has 2 aliphatic rings. The van der Waals surface area contributed by atoms with Crippen molar-refractivity contribution >= 4 is 5.69 Å². The Morgan fingerprint density at radius 2 is 1.38 bits per heavy atom. The zero-order chi connectivity index (χ0) is 21.8. The van der Waals surface area contributed by atoms with Gasteiger partial charge in [-0.15, -0.1) is 0 Å². The Balaban J connectivity index is 1.37. The molecule has 1 saturated heterocycles. The first kappa shape index (κ1) is 21.2. The first-order valence-corrected chi connectivity index (χ1v) is 12.1. The molecule has 0 bridgehead atoms. The van der Waals surface area contributed by atoms with Gasteiger partial charge >= 0.3 is 0 Å². The van der Waals surface area contributed by atoms with Crippen LogP contribution < -0.4 is 4.90 Å². The minimum atomic E-state index is 0.575. The zero-order valence-corrected chi connectivity index (χ0v) is 19.3. The fourth-order valence-corrected chi connectivity index (χ4v) is 5.37. The van der Waals surface area contributed by atoms with Gasteiger partial charge in [-0.2, -0.15) is 0 Å². The molecule has 0 unspecified atom stereocenters. The van der Waals surface area contributed by atoms with Gasteiger partial charge in [0.2, 0.25) is 0 Å². The Labute approximate surface area is 193 Å². The van der Waals surface area contributed by atoms with Crippen LogP contribution in [0.15, 0.2) is 78.9 Å². The Hall–Kier alpha value is -2.62. The second kappa shape index (κ2) is 9.89. The highest BCUT2D eigenvalue weighted by atomic mass is 15.2. The lowest BCUT2D eigenvalue weighted by atomic mass is 9.85. The number of piperazine rings is 1. The van der Waals surface area contributed by atoms with E-state index in [0.717, 1.165) is 45.7 Å². The quantitative estimate of drug-likeness (QED) is 0.550. The monoisotopic (exact) mass is 425 g/mol. The van der Waals surface area contributed by atoms with Crippen LogP contribution in [0.25, 0.3) is 0 Å². The molecule has 0 N–H and O–H groups in total. The summed E-state index contributed by atoms with van der Waals surface area (Å²) in [5.41, 5.74) is 7.46. The molecule has 0 aromatic heterocycles. The largest absolute Gasteiger partial charge is 0.369 e. The van der Waals surface area contributed by atoms with E-state index in [4.69, 9.17) is 0 Å². The third-order valence-electron chi connectivity index (χ3n) is 7.25. The molecule has 1 heterocycles. The van der Waals surface area contributed by atoms with Crippen molar-refractivity contribution in [3.8, 4) is 0 Å². The number of hydrogen-bond donors (Lipinski definition) is 0. The normalized spacial score (nSPS) is 19.2. The molecule has 1 aliphatic heterocycles. The molecule has 0 spiro atoms. The third kappa shape index (κ3) is 4.90. The fourth-order valence-electron chi connectivity index (χ4n) is 5.37. The van der Waals surface area contributed by atoms with Crippen molar-refractivity contribution in [2.45, 2.75) is 38.4 Å². The SMILES string of the molecule is CN1CCN(c2cccc3c2CC[C@H](N(Cc2ccccc2)Cc2ccccc2)C3)CC1. The lowest BCUT2D eigenvalue weighted by molar-refractivity contribution is 0.162. The topological polar surface area (TPSA) is 9.72 Å². The molecule has 3 aromatic rings. The van der Waals surface area contributed by atoms with Gasteiger partial charge < -0.3 is 9.80 Å². The summed E-state index contributed by atoms with van der Waals surface area (Å²) < 4.78 is 0. The predicted octanol–water partition coefficient (Wildman–Crippen LogP) is 5.00. The number of fused-ring (bicyclic) bond motifs is 1. The summed E-state index contributed by atoms with van der Waals surface area (Å²) in [6.45, 7) is 6.62. The lowest BCUT2D eigenvalue weighted by Gasteiger charge is -2.39. The maximum atomic E-state index is 2.70. The van der Waals surface area contributed by atoms with Gasteiger partial charge in [-0.3, -0.25) is 4.90 Å². The molecule has 0 saturated carbocycles. The Morgan fingerprint density at radius 1 is 0.750 bits per heavy atom. The van der Waals surface area contributed by atoms with Crippen molar-refractivity contribution in [2.75, 3.05) is 38.1 Å². The molecule has 5 rings (SSSR count). The minimum absolute atomic E-state index is 0.575. The maximum Gasteiger partial charge on any atom is 0.0402 e. The molecule has 166 valence electrons. The maximum absolute atomic E-state index is 2.70. The van der Waals surface area contributed by atoms with Gasteiger partial charge in [0.1, 0.15) is 0 Å². The van der Waals surface area contributed by atoms with Crippen molar-refractivity contribution in [1.82, 2.24) is 9.80 Å². The number of anilines is 1. The summed E-state index contributed by atoms with van der Waals surface area (Å²) in [4.78, 5) is 7.76. The Morgan fingerprint density at radius 3 is 2.00 bits per heavy atom. The van der Waals surface area contributed by atoms with Crippen molar-refractivity contribution in [3.63, 3.8) is 0 Å². The van der Waals surface area contributed by atoms with Gasteiger partial charge in [0.25, 0.3) is 0 Å². The highest BCUT2D eigenvalue weighted by Gasteiger charge is 2.27. The fraction of sp³-hybridized carbons (Fsp3) is 0.379. The zero-order valence-electron chi connectivity index (χ0n) is 19.3. The molecule has 3 heteroatoms. The summed E-state index contributed by atoms with van der Waals surface area (Å²) in [6, 6.07) is 29.5. The van der Waals surface area contributed by atoms with E-state index in [-0.39, 0.29) is 0 Å². The average molecular weight is 426 g/mol. The standard InChI is InChI=1S/C29H35N3/c1-30-17-19-31(20-18-30)29-14-8-13-26-21-27(15-16-28(26)29)32(22-24-9-4-2-5-10-24)23-25-11-6-3-7-12-25/h2-14,27H,15-23H2,1H3/t27-/m0/s1. The summed E-state index contributed by atoms with van der Waals surface area (Å²) in [5, 5.41) is 0. The molecule has 3 aromatic carbocycles. The van der Waals surface area contributed by atoms with Crippen molar-refractivity contribution in [3.05, 3.63) is 101 Å². The van der Waals surface area contributed by atoms with E-state index in [9.17, 15) is 0 Å². The van der Waals surface area contributed by atoms with E-state index >= 15 is 0 Å². The molecule has 0 radical (unpaired) electrons. The second-order valence-electron chi connectivity index (χ2n) is 9.48. The highest BCUT2D eigenvalue weighted by Crippen LogP contribution is 2.33. The molecule has 1 aliphatic carbocycles. The van der Waals surface area contributed by atoms with Gasteiger partial charge in [-0.05, 0) is 54.6 Å². The van der Waals surface area contributed by atoms with E-state index < -0.39 is 0 Å². The van der Waals surface area contributed by atoms with Gasteiger partial charge in [-0.1, -0.05) is 72.8 Å². The smallest absolute Gasteiger partial charge is 0.0402 e. The molecule has 1 atom stereocenters. The summed E-state index contributed by atoms with van der Waals surface area (Å²) >= 11 is 0. The molecule has 3 nitrogen and oxygen atoms in total. The first-order chi connectivity index (χ1) is 15.8.